The molecule has 5 rings (SSSR count). The van der Waals surface area contributed by atoms with Crippen molar-refractivity contribution in [3.8, 4) is 0 Å². The number of carbonyl (C=O) groups is 1. The van der Waals surface area contributed by atoms with Crippen LogP contribution in [0.15, 0.2) is 82.9 Å². The van der Waals surface area contributed by atoms with Gasteiger partial charge in [0, 0.05) is 38.8 Å². The zero-order chi connectivity index (χ0) is 24.9. The van der Waals surface area contributed by atoms with Crippen molar-refractivity contribution < 1.29 is 9.90 Å². The summed E-state index contributed by atoms with van der Waals surface area (Å²) in [5.74, 6) is -0.266. The van der Waals surface area contributed by atoms with Crippen LogP contribution in [0.25, 0.3) is 5.76 Å². The van der Waals surface area contributed by atoms with Gasteiger partial charge in [0.25, 0.3) is 0 Å². The number of thiophene rings is 1. The number of hydrogen-bond donors (Lipinski definition) is 2. The van der Waals surface area contributed by atoms with Gasteiger partial charge in [-0.1, -0.05) is 67.9 Å². The van der Waals surface area contributed by atoms with Crippen molar-refractivity contribution in [1.82, 2.24) is 0 Å². The number of halogens is 1. The Labute approximate surface area is 214 Å². The third-order valence-corrected chi connectivity index (χ3v) is 8.11. The minimum atomic E-state index is -0.501. The monoisotopic (exact) mass is 502 g/mol. The van der Waals surface area contributed by atoms with Gasteiger partial charge in [-0.05, 0) is 47.9 Å². The summed E-state index contributed by atoms with van der Waals surface area (Å²) in [6.45, 7) is 6.11. The van der Waals surface area contributed by atoms with E-state index < -0.39 is 5.92 Å². The summed E-state index contributed by atoms with van der Waals surface area (Å²) in [7, 11) is 0. The molecule has 4 nitrogen and oxygen atoms in total. The Morgan fingerprint density at radius 1 is 1.11 bits per heavy atom. The van der Waals surface area contributed by atoms with Crippen LogP contribution < -0.4 is 4.90 Å². The van der Waals surface area contributed by atoms with Gasteiger partial charge in [-0.15, -0.1) is 11.3 Å². The molecular weight excluding hydrogens is 476 g/mol. The quantitative estimate of drug-likeness (QED) is 0.358. The highest BCUT2D eigenvalue weighted by atomic mass is 35.5. The maximum atomic E-state index is 13.8. The molecule has 0 saturated heterocycles. The zero-order valence-corrected chi connectivity index (χ0v) is 21.5. The number of aliphatic hydroxyl groups is 1. The first-order valence-electron chi connectivity index (χ1n) is 11.6. The van der Waals surface area contributed by atoms with Crippen LogP contribution in [0.1, 0.15) is 48.6 Å². The van der Waals surface area contributed by atoms with E-state index in [9.17, 15) is 15.3 Å². The van der Waals surface area contributed by atoms with Crippen molar-refractivity contribution >= 4 is 46.0 Å². The minimum absolute atomic E-state index is 0.0152. The Hall–Kier alpha value is -3.15. The van der Waals surface area contributed by atoms with Crippen molar-refractivity contribution in [2.45, 2.75) is 39.5 Å². The van der Waals surface area contributed by atoms with Crippen LogP contribution in [0.4, 0.5) is 5.69 Å². The number of aliphatic hydroxyl groups excluding tert-OH is 1. The van der Waals surface area contributed by atoms with Crippen LogP contribution in [0, 0.1) is 17.7 Å². The number of Topliss-reactive ketones (excluding diaryl/α,β-unsaturated/α-hetero) is 1. The van der Waals surface area contributed by atoms with E-state index >= 15 is 0 Å². The number of benzene rings is 2. The highest BCUT2D eigenvalue weighted by molar-refractivity contribution is 7.10. The second-order valence-corrected chi connectivity index (χ2v) is 11.4. The molecule has 1 aliphatic carbocycles. The average Bonchev–Trinajstić information content (AvgIpc) is 3.34. The number of anilines is 1. The summed E-state index contributed by atoms with van der Waals surface area (Å²) >= 11 is 8.04. The van der Waals surface area contributed by atoms with Crippen molar-refractivity contribution in [3.05, 3.63) is 104 Å². The Kier molecular flexibility index (Phi) is 5.94. The van der Waals surface area contributed by atoms with E-state index in [-0.39, 0.29) is 22.8 Å². The molecule has 2 aromatic carbocycles. The molecule has 2 aliphatic rings. The molecule has 0 radical (unpaired) electrons. The average molecular weight is 503 g/mol. The summed E-state index contributed by atoms with van der Waals surface area (Å²) in [6.07, 6.45) is 1.06. The molecule has 1 atom stereocenters. The molecule has 178 valence electrons. The maximum Gasteiger partial charge on any atom is 0.162 e. The van der Waals surface area contributed by atoms with E-state index in [0.717, 1.165) is 16.1 Å². The first kappa shape index (κ1) is 23.6. The van der Waals surface area contributed by atoms with Crippen molar-refractivity contribution in [3.63, 3.8) is 0 Å². The molecule has 0 saturated carbocycles. The summed E-state index contributed by atoms with van der Waals surface area (Å²) in [4.78, 5) is 16.5. The van der Waals surface area contributed by atoms with Crippen molar-refractivity contribution in [2.75, 3.05) is 4.90 Å². The molecule has 0 fully saturated rings. The number of nitrogens with one attached hydrogen (secondary N) is 1. The highest BCUT2D eigenvalue weighted by Crippen LogP contribution is 2.52. The van der Waals surface area contributed by atoms with E-state index in [1.807, 2.05) is 77.9 Å². The number of hydrogen-bond acceptors (Lipinski definition) is 4. The van der Waals surface area contributed by atoms with Gasteiger partial charge in [0.1, 0.15) is 11.6 Å². The van der Waals surface area contributed by atoms with Gasteiger partial charge < -0.3 is 5.11 Å². The largest absolute Gasteiger partial charge is 0.507 e. The molecule has 1 aliphatic heterocycles. The number of amidine groups is 1. The van der Waals surface area contributed by atoms with E-state index in [2.05, 4.69) is 13.8 Å². The standard InChI is InChI=1S/C29H27ClN2O2S/c1-17-11-12-19(14-20(17)30)32-21-15-29(2,3)16-22(33)24(21)25(23-10-7-13-35-23)26(28(32)31)27(34)18-8-5-4-6-9-18/h4-14,25,31,34H,15-16H2,1-3H3/b27-26+,31-28?. The number of ketones is 1. The molecule has 35 heavy (non-hydrogen) atoms. The highest BCUT2D eigenvalue weighted by Gasteiger charge is 2.47. The van der Waals surface area contributed by atoms with Gasteiger partial charge in [0.2, 0.25) is 0 Å². The molecule has 0 bridgehead atoms. The predicted octanol–water partition coefficient (Wildman–Crippen LogP) is 7.90. The number of nitrogens with zero attached hydrogens (tertiary/aromatic N) is 1. The number of allylic oxidation sites excluding steroid dienone is 2. The zero-order valence-electron chi connectivity index (χ0n) is 19.9. The van der Waals surface area contributed by atoms with E-state index in [4.69, 9.17) is 11.6 Å². The summed E-state index contributed by atoms with van der Waals surface area (Å²) < 4.78 is 0. The van der Waals surface area contributed by atoms with Gasteiger partial charge in [0.05, 0.1) is 11.5 Å². The number of carbonyl (C=O) groups excluding carboxylic acids is 1. The van der Waals surface area contributed by atoms with Gasteiger partial charge >= 0.3 is 0 Å². The molecule has 3 aromatic rings. The summed E-state index contributed by atoms with van der Waals surface area (Å²) in [6, 6.07) is 18.9. The van der Waals surface area contributed by atoms with E-state index in [0.29, 0.717) is 40.3 Å². The van der Waals surface area contributed by atoms with Gasteiger partial charge in [-0.3, -0.25) is 15.1 Å². The molecule has 2 N–H and O–H groups in total. The lowest BCUT2D eigenvalue weighted by molar-refractivity contribution is -0.118. The normalized spacial score (nSPS) is 21.3. The van der Waals surface area contributed by atoms with Crippen LogP contribution in [-0.4, -0.2) is 16.7 Å². The molecule has 1 aromatic heterocycles. The van der Waals surface area contributed by atoms with Gasteiger partial charge in [-0.25, -0.2) is 0 Å². The second-order valence-electron chi connectivity index (χ2n) is 10.00. The minimum Gasteiger partial charge on any atom is -0.507 e. The predicted molar refractivity (Wildman–Crippen MR) is 144 cm³/mol. The maximum absolute atomic E-state index is 13.8. The summed E-state index contributed by atoms with van der Waals surface area (Å²) in [5.41, 5.74) is 3.94. The Balaban J connectivity index is 1.84. The molecule has 0 spiro atoms. The van der Waals surface area contributed by atoms with Crippen molar-refractivity contribution in [1.29, 1.82) is 5.41 Å². The fourth-order valence-electron chi connectivity index (χ4n) is 5.11. The molecule has 0 amide bonds. The van der Waals surface area contributed by atoms with Crippen molar-refractivity contribution in [2.24, 2.45) is 5.41 Å². The smallest absolute Gasteiger partial charge is 0.162 e. The summed E-state index contributed by atoms with van der Waals surface area (Å²) in [5, 5.41) is 23.6. The van der Waals surface area contributed by atoms with Crippen LogP contribution >= 0.6 is 22.9 Å². The molecular formula is C29H27ClN2O2S. The Bertz CT molecular complexity index is 1390. The van der Waals surface area contributed by atoms with Crippen LogP contribution in [0.3, 0.4) is 0 Å². The lowest BCUT2D eigenvalue weighted by Gasteiger charge is -2.45. The third-order valence-electron chi connectivity index (χ3n) is 6.77. The Morgan fingerprint density at radius 3 is 2.51 bits per heavy atom. The Morgan fingerprint density at radius 2 is 1.86 bits per heavy atom. The van der Waals surface area contributed by atoms with E-state index in [1.165, 1.54) is 11.3 Å². The first-order valence-corrected chi connectivity index (χ1v) is 12.9. The third kappa shape index (κ3) is 4.13. The fourth-order valence-corrected chi connectivity index (χ4v) is 6.13. The number of aryl methyl sites for hydroxylation is 1. The van der Waals surface area contributed by atoms with Gasteiger partial charge in [0.15, 0.2) is 5.78 Å². The lowest BCUT2D eigenvalue weighted by Crippen LogP contribution is -2.45. The van der Waals surface area contributed by atoms with Crippen LogP contribution in [-0.2, 0) is 4.79 Å². The topological polar surface area (TPSA) is 64.4 Å². The first-order chi connectivity index (χ1) is 16.7. The fraction of sp³-hybridized carbons (Fsp3) is 0.241. The van der Waals surface area contributed by atoms with Gasteiger partial charge in [-0.2, -0.15) is 0 Å². The number of rotatable bonds is 3. The second kappa shape index (κ2) is 8.81. The molecule has 2 heterocycles. The molecule has 6 heteroatoms. The van der Waals surface area contributed by atoms with Crippen LogP contribution in [0.5, 0.6) is 0 Å². The van der Waals surface area contributed by atoms with E-state index in [1.54, 1.807) is 0 Å². The molecule has 1 unspecified atom stereocenters. The lowest BCUT2D eigenvalue weighted by atomic mass is 9.68. The van der Waals surface area contributed by atoms with Crippen LogP contribution in [0.2, 0.25) is 5.02 Å². The SMILES string of the molecule is Cc1ccc(N2C(=N)/C(=C(/O)c3ccccc3)C(c3cccs3)C3=C2CC(C)(C)CC3=O)cc1Cl.